The fraction of sp³-hybridized carbons (Fsp3) is 0. The molecule has 1 amide bonds. The van der Waals surface area contributed by atoms with Gasteiger partial charge in [-0.25, -0.2) is 4.98 Å². The van der Waals surface area contributed by atoms with Gasteiger partial charge in [0.1, 0.15) is 5.75 Å². The van der Waals surface area contributed by atoms with E-state index in [2.05, 4.69) is 33.3 Å². The van der Waals surface area contributed by atoms with Crippen LogP contribution in [0.2, 0.25) is 0 Å². The minimum absolute atomic E-state index is 0. The Labute approximate surface area is 151 Å². The van der Waals surface area contributed by atoms with E-state index in [0.717, 1.165) is 11.0 Å². The minimum atomic E-state index is -0.467. The largest absolute Gasteiger partial charge is 0.495 e. The molecule has 2 heterocycles. The van der Waals surface area contributed by atoms with Crippen molar-refractivity contribution in [2.24, 2.45) is 0 Å². The van der Waals surface area contributed by atoms with E-state index in [-0.39, 0.29) is 38.5 Å². The van der Waals surface area contributed by atoms with Crippen molar-refractivity contribution in [3.8, 4) is 11.5 Å². The molecule has 1 radical (unpaired) electrons. The standard InChI is InChI=1S/C14H11N5O2.Y/c1-8(20)17-13-7-10(4-5-16-13)21-9-2-3-11-12(6-9)19-14(15)18-11;/h2-6H,1H2,(H3,15,18,19)(H,16,17,20);/q-2;. The van der Waals surface area contributed by atoms with Gasteiger partial charge in [-0.15, -0.1) is 0 Å². The molecule has 1 aromatic carbocycles. The average molecular weight is 370 g/mol. The third-order valence-electron chi connectivity index (χ3n) is 2.63. The molecule has 4 N–H and O–H groups in total. The molecule has 8 heteroatoms. The molecule has 7 nitrogen and oxygen atoms in total. The molecule has 0 spiro atoms. The molecule has 0 saturated heterocycles. The number of anilines is 2. The smallest absolute Gasteiger partial charge is 0.198 e. The Kier molecular flexibility index (Phi) is 5.00. The molecule has 109 valence electrons. The van der Waals surface area contributed by atoms with Crippen LogP contribution in [-0.2, 0) is 37.5 Å². The summed E-state index contributed by atoms with van der Waals surface area (Å²) in [7, 11) is 0. The van der Waals surface area contributed by atoms with Crippen LogP contribution < -0.4 is 15.8 Å². The molecule has 3 rings (SSSR count). The number of benzene rings is 1. The average Bonchev–Trinajstić information content (AvgIpc) is 2.77. The van der Waals surface area contributed by atoms with Gasteiger partial charge in [-0.1, -0.05) is 6.20 Å². The number of ether oxygens (including phenoxy) is 1. The first kappa shape index (κ1) is 16.3. The number of aromatic nitrogens is 3. The number of carbonyl (C=O) groups is 1. The molecular formula is C14H11N5O2Y-2. The number of rotatable bonds is 3. The molecular weight excluding hydrogens is 359 g/mol. The van der Waals surface area contributed by atoms with Crippen LogP contribution in [0.3, 0.4) is 0 Å². The maximum absolute atomic E-state index is 10.9. The van der Waals surface area contributed by atoms with Crippen molar-refractivity contribution in [2.45, 2.75) is 0 Å². The molecule has 0 bridgehead atoms. The van der Waals surface area contributed by atoms with Crippen molar-refractivity contribution in [1.82, 2.24) is 15.0 Å². The number of imidazole rings is 1. The second-order valence-corrected chi connectivity index (χ2v) is 4.23. The van der Waals surface area contributed by atoms with Crippen LogP contribution >= 0.6 is 0 Å². The maximum atomic E-state index is 10.9. The summed E-state index contributed by atoms with van der Waals surface area (Å²) in [5, 5.41) is 2.43. The number of amides is 1. The van der Waals surface area contributed by atoms with Crippen LogP contribution in [0.15, 0.2) is 30.5 Å². The van der Waals surface area contributed by atoms with Gasteiger partial charge in [0.15, 0.2) is 5.95 Å². The number of hydrogen-bond donors (Lipinski definition) is 3. The summed E-state index contributed by atoms with van der Waals surface area (Å²) < 4.78 is 5.66. The number of nitrogen functional groups attached to an aromatic ring is 1. The molecule has 3 aromatic rings. The molecule has 2 aromatic heterocycles. The summed E-state index contributed by atoms with van der Waals surface area (Å²) in [6, 6.07) is 9.77. The number of nitrogens with one attached hydrogen (secondary N) is 2. The van der Waals surface area contributed by atoms with E-state index in [1.807, 2.05) is 0 Å². The zero-order valence-corrected chi connectivity index (χ0v) is 14.3. The molecule has 0 aliphatic heterocycles. The van der Waals surface area contributed by atoms with Gasteiger partial charge in [-0.2, -0.15) is 12.1 Å². The summed E-state index contributed by atoms with van der Waals surface area (Å²) in [6.07, 6.45) is 1.50. The Morgan fingerprint density at radius 3 is 3.00 bits per heavy atom. The van der Waals surface area contributed by atoms with E-state index in [1.54, 1.807) is 24.3 Å². The summed E-state index contributed by atoms with van der Waals surface area (Å²) in [5.74, 6) is 1.13. The zero-order valence-electron chi connectivity index (χ0n) is 11.5. The Balaban J connectivity index is 0.00000176. The molecule has 0 unspecified atom stereocenters. The Bertz CT molecular complexity index is 818. The summed E-state index contributed by atoms with van der Waals surface area (Å²) in [5.41, 5.74) is 7.11. The first-order valence-corrected chi connectivity index (χ1v) is 6.04. The second kappa shape index (κ2) is 6.76. The van der Waals surface area contributed by atoms with Gasteiger partial charge in [0.05, 0.1) is 16.9 Å². The van der Waals surface area contributed by atoms with Gasteiger partial charge < -0.3 is 32.5 Å². The predicted octanol–water partition coefficient (Wildman–Crippen LogP) is 1.90. The quantitative estimate of drug-likeness (QED) is 0.611. The van der Waals surface area contributed by atoms with Crippen LogP contribution in [-0.4, -0.2) is 20.9 Å². The number of hydrogen-bond acceptors (Lipinski definition) is 5. The normalized spacial score (nSPS) is 10.0. The van der Waals surface area contributed by atoms with Crippen LogP contribution in [0.1, 0.15) is 0 Å². The number of nitrogens with zero attached hydrogens (tertiary/aromatic N) is 2. The Morgan fingerprint density at radius 1 is 1.41 bits per heavy atom. The van der Waals surface area contributed by atoms with Crippen LogP contribution in [0, 0.1) is 13.0 Å². The van der Waals surface area contributed by atoms with Gasteiger partial charge in [-0.05, 0) is 17.9 Å². The Morgan fingerprint density at radius 2 is 2.23 bits per heavy atom. The number of carbonyl (C=O) groups excluding carboxylic acids is 1. The van der Waals surface area contributed by atoms with E-state index in [9.17, 15) is 4.79 Å². The topological polar surface area (TPSA) is 106 Å². The van der Waals surface area contributed by atoms with Crippen molar-refractivity contribution in [2.75, 3.05) is 11.1 Å². The number of aromatic amines is 1. The van der Waals surface area contributed by atoms with Crippen LogP contribution in [0.4, 0.5) is 11.8 Å². The first-order chi connectivity index (χ1) is 10.1. The third-order valence-corrected chi connectivity index (χ3v) is 2.63. The SMILES string of the molecule is [CH2-]C(=O)Nc1[c-]c(Oc2ccc3nc(N)[nH]c3c2)ccn1.[Y]. The van der Waals surface area contributed by atoms with E-state index in [4.69, 9.17) is 10.5 Å². The fourth-order valence-corrected chi connectivity index (χ4v) is 1.82. The molecule has 0 aliphatic rings. The fourth-order valence-electron chi connectivity index (χ4n) is 1.82. The van der Waals surface area contributed by atoms with Gasteiger partial charge in [-0.3, -0.25) is 4.98 Å². The monoisotopic (exact) mass is 370 g/mol. The van der Waals surface area contributed by atoms with Gasteiger partial charge >= 0.3 is 0 Å². The van der Waals surface area contributed by atoms with E-state index >= 15 is 0 Å². The van der Waals surface area contributed by atoms with Gasteiger partial charge in [0.25, 0.3) is 0 Å². The molecule has 0 saturated carbocycles. The van der Waals surface area contributed by atoms with E-state index < -0.39 is 5.91 Å². The van der Waals surface area contributed by atoms with Crippen molar-refractivity contribution < 1.29 is 42.2 Å². The summed E-state index contributed by atoms with van der Waals surface area (Å²) >= 11 is 0. The molecule has 0 aliphatic carbocycles. The van der Waals surface area contributed by atoms with Crippen LogP contribution in [0.25, 0.3) is 11.0 Å². The maximum Gasteiger partial charge on any atom is 0.198 e. The van der Waals surface area contributed by atoms with Crippen molar-refractivity contribution >= 4 is 28.7 Å². The van der Waals surface area contributed by atoms with Crippen molar-refractivity contribution in [3.05, 3.63) is 43.5 Å². The number of nitrogens with two attached hydrogens (primary N) is 1. The Hall–Kier alpha value is -2.12. The summed E-state index contributed by atoms with van der Waals surface area (Å²) in [4.78, 5) is 21.8. The molecule has 0 atom stereocenters. The minimum Gasteiger partial charge on any atom is -0.495 e. The summed E-state index contributed by atoms with van der Waals surface area (Å²) in [6.45, 7) is 3.21. The van der Waals surface area contributed by atoms with Crippen molar-refractivity contribution in [3.63, 3.8) is 0 Å². The van der Waals surface area contributed by atoms with E-state index in [1.165, 1.54) is 6.20 Å². The van der Waals surface area contributed by atoms with Crippen LogP contribution in [0.5, 0.6) is 11.5 Å². The van der Waals surface area contributed by atoms with Gasteiger partial charge in [0, 0.05) is 44.6 Å². The van der Waals surface area contributed by atoms with Gasteiger partial charge in [0.2, 0.25) is 0 Å². The third kappa shape index (κ3) is 3.75. The molecule has 22 heavy (non-hydrogen) atoms. The second-order valence-electron chi connectivity index (χ2n) is 4.23. The number of fused-ring (bicyclic) bond motifs is 1. The number of pyridine rings is 1. The van der Waals surface area contributed by atoms with E-state index in [0.29, 0.717) is 17.4 Å². The number of H-pyrrole nitrogens is 1. The molecule has 0 fully saturated rings. The predicted molar refractivity (Wildman–Crippen MR) is 77.6 cm³/mol. The zero-order chi connectivity index (χ0) is 14.8. The first-order valence-electron chi connectivity index (χ1n) is 6.04. The van der Waals surface area contributed by atoms with Crippen molar-refractivity contribution in [1.29, 1.82) is 0 Å².